The van der Waals surface area contributed by atoms with Crippen LogP contribution in [0.1, 0.15) is 25.0 Å². The number of aromatic nitrogens is 2. The van der Waals surface area contributed by atoms with Crippen LogP contribution in [0.5, 0.6) is 0 Å². The van der Waals surface area contributed by atoms with E-state index in [0.717, 1.165) is 29.4 Å². The molecule has 1 aliphatic heterocycles. The Kier molecular flexibility index (Phi) is 3.14. The Morgan fingerprint density at radius 2 is 2.22 bits per heavy atom. The van der Waals surface area contributed by atoms with Gasteiger partial charge in [-0.1, -0.05) is 24.6 Å². The molecule has 2 aliphatic rings. The number of para-hydroxylation sites is 1. The summed E-state index contributed by atoms with van der Waals surface area (Å²) in [5.74, 6) is -0.667. The molecule has 120 valence electrons. The second-order valence-corrected chi connectivity index (χ2v) is 6.72. The topological polar surface area (TPSA) is 86.3 Å². The zero-order valence-electron chi connectivity index (χ0n) is 12.8. The molecular weight excluding hydrogens is 294 g/mol. The molecule has 0 unspecified atom stereocenters. The number of carbonyl (C=O) groups is 2. The van der Waals surface area contributed by atoms with Crippen molar-refractivity contribution in [2.24, 2.45) is 11.3 Å². The number of hydrogen-bond donors (Lipinski definition) is 2. The Labute approximate surface area is 133 Å². The molecule has 0 radical (unpaired) electrons. The minimum absolute atomic E-state index is 0.0190. The Balaban J connectivity index is 1.53. The van der Waals surface area contributed by atoms with Gasteiger partial charge in [-0.05, 0) is 24.8 Å². The van der Waals surface area contributed by atoms with E-state index in [4.69, 9.17) is 0 Å². The van der Waals surface area contributed by atoms with Crippen molar-refractivity contribution in [3.05, 3.63) is 30.0 Å². The van der Waals surface area contributed by atoms with Crippen LogP contribution < -0.4 is 0 Å². The van der Waals surface area contributed by atoms with Crippen LogP contribution in [0.3, 0.4) is 0 Å². The fourth-order valence-corrected chi connectivity index (χ4v) is 4.24. The summed E-state index contributed by atoms with van der Waals surface area (Å²) in [4.78, 5) is 26.1. The van der Waals surface area contributed by atoms with Crippen LogP contribution in [0.2, 0.25) is 0 Å². The molecule has 2 N–H and O–H groups in total. The number of aliphatic carboxylic acids is 1. The molecule has 1 saturated heterocycles. The van der Waals surface area contributed by atoms with Gasteiger partial charge in [0.15, 0.2) is 0 Å². The maximum absolute atomic E-state index is 12.6. The maximum atomic E-state index is 12.6. The maximum Gasteiger partial charge on any atom is 0.311 e. The highest BCUT2D eigenvalue weighted by Gasteiger charge is 2.55. The predicted molar refractivity (Wildman–Crippen MR) is 83.8 cm³/mol. The fraction of sp³-hybridized carbons (Fsp3) is 0.471. The highest BCUT2D eigenvalue weighted by molar-refractivity contribution is 5.88. The van der Waals surface area contributed by atoms with Gasteiger partial charge in [0.05, 0.1) is 23.0 Å². The van der Waals surface area contributed by atoms with Crippen molar-refractivity contribution in [2.45, 2.75) is 25.7 Å². The van der Waals surface area contributed by atoms with Crippen LogP contribution >= 0.6 is 0 Å². The van der Waals surface area contributed by atoms with Gasteiger partial charge in [0.1, 0.15) is 0 Å². The molecule has 2 heterocycles. The van der Waals surface area contributed by atoms with E-state index >= 15 is 0 Å². The monoisotopic (exact) mass is 313 g/mol. The van der Waals surface area contributed by atoms with E-state index in [0.29, 0.717) is 19.5 Å². The van der Waals surface area contributed by atoms with Crippen molar-refractivity contribution in [3.63, 3.8) is 0 Å². The number of benzene rings is 1. The Morgan fingerprint density at radius 1 is 1.39 bits per heavy atom. The molecule has 2 atom stereocenters. The van der Waals surface area contributed by atoms with Gasteiger partial charge < -0.3 is 10.0 Å². The zero-order valence-corrected chi connectivity index (χ0v) is 12.8. The molecule has 1 saturated carbocycles. The number of aromatic amines is 1. The predicted octanol–water partition coefficient (Wildman–Crippen LogP) is 1.82. The lowest BCUT2D eigenvalue weighted by molar-refractivity contribution is -0.149. The molecule has 1 aromatic carbocycles. The number of carboxylic acid groups (broad SMARTS) is 1. The molecule has 0 bridgehead atoms. The summed E-state index contributed by atoms with van der Waals surface area (Å²) >= 11 is 0. The minimum atomic E-state index is -0.748. The molecule has 1 aromatic heterocycles. The Hall–Kier alpha value is -2.37. The van der Waals surface area contributed by atoms with E-state index in [1.165, 1.54) is 0 Å². The lowest BCUT2D eigenvalue weighted by Gasteiger charge is -2.23. The van der Waals surface area contributed by atoms with Gasteiger partial charge in [-0.3, -0.25) is 14.7 Å². The second kappa shape index (κ2) is 5.08. The highest BCUT2D eigenvalue weighted by Crippen LogP contribution is 2.48. The van der Waals surface area contributed by atoms with Crippen LogP contribution in [-0.2, 0) is 16.0 Å². The van der Waals surface area contributed by atoms with Gasteiger partial charge in [-0.15, -0.1) is 0 Å². The number of likely N-dealkylation sites (tertiary alicyclic amines) is 1. The van der Waals surface area contributed by atoms with Gasteiger partial charge in [0.25, 0.3) is 0 Å². The van der Waals surface area contributed by atoms with E-state index in [1.807, 2.05) is 24.3 Å². The number of rotatable bonds is 3. The van der Waals surface area contributed by atoms with Crippen LogP contribution in [-0.4, -0.2) is 45.2 Å². The average molecular weight is 313 g/mol. The van der Waals surface area contributed by atoms with E-state index in [-0.39, 0.29) is 18.2 Å². The lowest BCUT2D eigenvalue weighted by Crippen LogP contribution is -2.37. The normalized spacial score (nSPS) is 26.6. The molecule has 1 aliphatic carbocycles. The number of nitrogens with one attached hydrogen (secondary N) is 1. The van der Waals surface area contributed by atoms with Crippen molar-refractivity contribution in [2.75, 3.05) is 13.1 Å². The second-order valence-electron chi connectivity index (χ2n) is 6.72. The standard InChI is InChI=1S/C17H19N3O3/c21-15(8-14-12-5-1-2-6-13(12)18-19-14)20-9-11-4-3-7-17(11,10-20)16(22)23/h1-2,5-6,11H,3-4,7-10H2,(H,18,19)(H,22,23)/t11-,17+/m0/s1. The first kappa shape index (κ1) is 14.2. The Bertz CT molecular complexity index is 784. The third-order valence-corrected chi connectivity index (χ3v) is 5.52. The molecule has 6 nitrogen and oxygen atoms in total. The van der Waals surface area contributed by atoms with Gasteiger partial charge in [-0.25, -0.2) is 0 Å². The summed E-state index contributed by atoms with van der Waals surface area (Å²) in [6.45, 7) is 0.912. The van der Waals surface area contributed by atoms with Crippen LogP contribution in [0.4, 0.5) is 0 Å². The number of H-pyrrole nitrogens is 1. The first-order chi connectivity index (χ1) is 11.1. The zero-order chi connectivity index (χ0) is 16.0. The molecule has 1 amide bonds. The number of carboxylic acids is 1. The third-order valence-electron chi connectivity index (χ3n) is 5.52. The summed E-state index contributed by atoms with van der Waals surface area (Å²) in [5.41, 5.74) is 0.925. The van der Waals surface area contributed by atoms with Crippen molar-refractivity contribution < 1.29 is 14.7 Å². The van der Waals surface area contributed by atoms with Crippen LogP contribution in [0.25, 0.3) is 10.9 Å². The molecule has 6 heteroatoms. The molecule has 23 heavy (non-hydrogen) atoms. The number of hydrogen-bond acceptors (Lipinski definition) is 3. The van der Waals surface area contributed by atoms with Gasteiger partial charge in [-0.2, -0.15) is 5.10 Å². The van der Waals surface area contributed by atoms with Crippen molar-refractivity contribution in [1.29, 1.82) is 0 Å². The number of nitrogens with zero attached hydrogens (tertiary/aromatic N) is 2. The third kappa shape index (κ3) is 2.12. The molecular formula is C17H19N3O3. The summed E-state index contributed by atoms with van der Waals surface area (Å²) < 4.78 is 0. The largest absolute Gasteiger partial charge is 0.481 e. The molecule has 2 aromatic rings. The summed E-state index contributed by atoms with van der Waals surface area (Å²) in [6, 6.07) is 7.68. The van der Waals surface area contributed by atoms with E-state index in [2.05, 4.69) is 10.2 Å². The van der Waals surface area contributed by atoms with E-state index < -0.39 is 11.4 Å². The van der Waals surface area contributed by atoms with Crippen molar-refractivity contribution in [3.8, 4) is 0 Å². The number of amides is 1. The van der Waals surface area contributed by atoms with E-state index in [1.54, 1.807) is 4.90 Å². The average Bonchev–Trinajstić information content (AvgIpc) is 3.19. The quantitative estimate of drug-likeness (QED) is 0.905. The van der Waals surface area contributed by atoms with Crippen LogP contribution in [0, 0.1) is 11.3 Å². The summed E-state index contributed by atoms with van der Waals surface area (Å²) in [7, 11) is 0. The van der Waals surface area contributed by atoms with Gasteiger partial charge in [0.2, 0.25) is 5.91 Å². The highest BCUT2D eigenvalue weighted by atomic mass is 16.4. The van der Waals surface area contributed by atoms with E-state index in [9.17, 15) is 14.7 Å². The minimum Gasteiger partial charge on any atom is -0.481 e. The van der Waals surface area contributed by atoms with Crippen molar-refractivity contribution in [1.82, 2.24) is 15.1 Å². The molecule has 0 spiro atoms. The van der Waals surface area contributed by atoms with Gasteiger partial charge >= 0.3 is 5.97 Å². The fourth-order valence-electron chi connectivity index (χ4n) is 4.24. The SMILES string of the molecule is O=C(Cc1[nH]nc2ccccc12)N1C[C@@H]2CCC[C@@]2(C(=O)O)C1. The number of carbonyl (C=O) groups excluding carboxylic acids is 1. The van der Waals surface area contributed by atoms with Crippen LogP contribution in [0.15, 0.2) is 24.3 Å². The smallest absolute Gasteiger partial charge is 0.311 e. The molecule has 2 fully saturated rings. The Morgan fingerprint density at radius 3 is 3.00 bits per heavy atom. The van der Waals surface area contributed by atoms with Crippen molar-refractivity contribution >= 4 is 22.8 Å². The van der Waals surface area contributed by atoms with Gasteiger partial charge in [0, 0.05) is 18.5 Å². The number of fused-ring (bicyclic) bond motifs is 2. The first-order valence-electron chi connectivity index (χ1n) is 8.03. The summed E-state index contributed by atoms with van der Waals surface area (Å²) in [6.07, 6.45) is 2.78. The lowest BCUT2D eigenvalue weighted by atomic mass is 9.81. The summed E-state index contributed by atoms with van der Waals surface area (Å²) in [5, 5.41) is 17.7. The molecule has 4 rings (SSSR count). The first-order valence-corrected chi connectivity index (χ1v) is 8.03.